The highest BCUT2D eigenvalue weighted by Crippen LogP contribution is 2.23. The Hall–Kier alpha value is -0.0800. The summed E-state index contributed by atoms with van der Waals surface area (Å²) in [4.78, 5) is 0. The normalized spacial score (nSPS) is 24.2. The van der Waals surface area contributed by atoms with Crippen molar-refractivity contribution in [3.8, 4) is 0 Å². The molecule has 1 saturated heterocycles. The molecule has 0 spiro atoms. The molecule has 100 valence electrons. The number of hydrogen-bond donors (Lipinski definition) is 1. The largest absolute Gasteiger partial charge is 0.269 e. The fourth-order valence-corrected chi connectivity index (χ4v) is 2.10. The van der Waals surface area contributed by atoms with Gasteiger partial charge in [-0.25, -0.2) is 5.01 Å². The van der Waals surface area contributed by atoms with Crippen molar-refractivity contribution in [3.05, 3.63) is 0 Å². The molecule has 0 bridgehead atoms. The van der Waals surface area contributed by atoms with Crippen LogP contribution >= 0.6 is 0 Å². The van der Waals surface area contributed by atoms with E-state index in [-0.39, 0.29) is 0 Å². The number of hydrazine groups is 1. The molecule has 2 nitrogen and oxygen atoms in total. The first-order valence-corrected chi connectivity index (χ1v) is 7.25. The monoisotopic (exact) mass is 230 g/mol. The molecule has 0 aromatic heterocycles. The van der Waals surface area contributed by atoms with Crippen LogP contribution in [0.3, 0.4) is 0 Å². The van der Waals surface area contributed by atoms with Crippen molar-refractivity contribution in [1.82, 2.24) is 5.01 Å². The lowest BCUT2D eigenvalue weighted by Gasteiger charge is -2.18. The highest BCUT2D eigenvalue weighted by Gasteiger charge is 2.26. The summed E-state index contributed by atoms with van der Waals surface area (Å²) in [5.74, 6) is 6.69. The zero-order valence-electron chi connectivity index (χ0n) is 12.4. The average Bonchev–Trinajstić information content (AvgIpc) is 2.64. The lowest BCUT2D eigenvalue weighted by Crippen LogP contribution is -2.35. The molecule has 2 atom stereocenters. The van der Waals surface area contributed by atoms with Crippen LogP contribution in [0.1, 0.15) is 73.6 Å². The molecular formula is C14H34N2. The highest BCUT2D eigenvalue weighted by atomic mass is 15.4. The summed E-state index contributed by atoms with van der Waals surface area (Å²) in [6.07, 6.45) is 6.63. The Morgan fingerprint density at radius 3 is 2.06 bits per heavy atom. The molecule has 0 amide bonds. The molecule has 2 heteroatoms. The summed E-state index contributed by atoms with van der Waals surface area (Å²) < 4.78 is 0. The van der Waals surface area contributed by atoms with Gasteiger partial charge in [-0.2, -0.15) is 0 Å². The van der Waals surface area contributed by atoms with Crippen molar-refractivity contribution in [2.45, 2.75) is 79.7 Å². The standard InChI is InChI=1S/C10H22N2.2C2H6/c1-3-4-5-6-10-7-9(2)8-12(10)11;2*1-2/h9-10H,3-8,11H2,1-2H3;2*1-2H3. The molecule has 2 unspecified atom stereocenters. The molecule has 0 radical (unpaired) electrons. The number of hydrogen-bond acceptors (Lipinski definition) is 2. The summed E-state index contributed by atoms with van der Waals surface area (Å²) in [6, 6.07) is 0.673. The maximum atomic E-state index is 5.88. The minimum Gasteiger partial charge on any atom is -0.269 e. The molecule has 0 aliphatic carbocycles. The second-order valence-electron chi connectivity index (χ2n) is 4.19. The predicted octanol–water partition coefficient (Wildman–Crippen LogP) is 4.20. The molecule has 1 aliphatic rings. The van der Waals surface area contributed by atoms with Gasteiger partial charge in [0.15, 0.2) is 0 Å². The van der Waals surface area contributed by atoms with Gasteiger partial charge in [-0.15, -0.1) is 0 Å². The molecule has 1 rings (SSSR count). The molecule has 1 fully saturated rings. The van der Waals surface area contributed by atoms with Gasteiger partial charge in [0.25, 0.3) is 0 Å². The van der Waals surface area contributed by atoms with E-state index in [9.17, 15) is 0 Å². The van der Waals surface area contributed by atoms with Gasteiger partial charge in [-0.3, -0.25) is 5.84 Å². The number of nitrogens with zero attached hydrogens (tertiary/aromatic N) is 1. The van der Waals surface area contributed by atoms with Crippen LogP contribution in [0.15, 0.2) is 0 Å². The van der Waals surface area contributed by atoms with Crippen LogP contribution in [-0.2, 0) is 0 Å². The zero-order chi connectivity index (χ0) is 13.0. The lowest BCUT2D eigenvalue weighted by molar-refractivity contribution is 0.243. The van der Waals surface area contributed by atoms with E-state index >= 15 is 0 Å². The van der Waals surface area contributed by atoms with Crippen molar-refractivity contribution >= 4 is 0 Å². The van der Waals surface area contributed by atoms with Crippen molar-refractivity contribution in [2.24, 2.45) is 11.8 Å². The van der Waals surface area contributed by atoms with Gasteiger partial charge < -0.3 is 0 Å². The van der Waals surface area contributed by atoms with Crippen LogP contribution in [0, 0.1) is 5.92 Å². The predicted molar refractivity (Wildman–Crippen MR) is 75.3 cm³/mol. The number of unbranched alkanes of at least 4 members (excludes halogenated alkanes) is 2. The topological polar surface area (TPSA) is 29.3 Å². The molecule has 16 heavy (non-hydrogen) atoms. The van der Waals surface area contributed by atoms with Crippen LogP contribution in [0.4, 0.5) is 0 Å². The molecular weight excluding hydrogens is 196 g/mol. The van der Waals surface area contributed by atoms with E-state index in [1.54, 1.807) is 0 Å². The van der Waals surface area contributed by atoms with Crippen LogP contribution in [0.2, 0.25) is 0 Å². The van der Waals surface area contributed by atoms with Gasteiger partial charge in [0.2, 0.25) is 0 Å². The average molecular weight is 230 g/mol. The number of rotatable bonds is 4. The fraction of sp³-hybridized carbons (Fsp3) is 1.00. The second kappa shape index (κ2) is 13.0. The van der Waals surface area contributed by atoms with Gasteiger partial charge in [-0.05, 0) is 18.8 Å². The van der Waals surface area contributed by atoms with Crippen LogP contribution < -0.4 is 5.84 Å². The van der Waals surface area contributed by atoms with Crippen molar-refractivity contribution in [1.29, 1.82) is 0 Å². The Kier molecular flexibility index (Phi) is 14.8. The highest BCUT2D eigenvalue weighted by molar-refractivity contribution is 4.79. The Morgan fingerprint density at radius 2 is 1.69 bits per heavy atom. The van der Waals surface area contributed by atoms with Crippen molar-refractivity contribution < 1.29 is 0 Å². The summed E-state index contributed by atoms with van der Waals surface area (Å²) in [6.45, 7) is 13.6. The number of nitrogens with two attached hydrogens (primary N) is 1. The van der Waals surface area contributed by atoms with Crippen LogP contribution in [-0.4, -0.2) is 17.6 Å². The fourth-order valence-electron chi connectivity index (χ4n) is 2.10. The Bertz CT molecular complexity index is 126. The van der Waals surface area contributed by atoms with E-state index in [1.807, 2.05) is 32.7 Å². The Morgan fingerprint density at radius 1 is 1.12 bits per heavy atom. The summed E-state index contributed by atoms with van der Waals surface area (Å²) in [5.41, 5.74) is 0. The first-order valence-electron chi connectivity index (χ1n) is 7.25. The van der Waals surface area contributed by atoms with E-state index < -0.39 is 0 Å². The maximum absolute atomic E-state index is 5.88. The minimum atomic E-state index is 0.673. The first-order chi connectivity index (χ1) is 7.74. The van der Waals surface area contributed by atoms with Gasteiger partial charge >= 0.3 is 0 Å². The quantitative estimate of drug-likeness (QED) is 0.579. The third-order valence-electron chi connectivity index (χ3n) is 2.81. The lowest BCUT2D eigenvalue weighted by atomic mass is 10.0. The molecule has 0 saturated carbocycles. The Labute approximate surface area is 104 Å². The van der Waals surface area contributed by atoms with Crippen LogP contribution in [0.25, 0.3) is 0 Å². The zero-order valence-corrected chi connectivity index (χ0v) is 12.4. The van der Waals surface area contributed by atoms with Crippen LogP contribution in [0.5, 0.6) is 0 Å². The molecule has 1 heterocycles. The minimum absolute atomic E-state index is 0.673. The molecule has 0 aromatic carbocycles. The Balaban J connectivity index is 0. The van der Waals surface area contributed by atoms with E-state index in [1.165, 1.54) is 32.1 Å². The van der Waals surface area contributed by atoms with Gasteiger partial charge in [0.05, 0.1) is 0 Å². The second-order valence-corrected chi connectivity index (χ2v) is 4.19. The molecule has 2 N–H and O–H groups in total. The molecule has 0 aromatic rings. The maximum Gasteiger partial charge on any atom is 0.0244 e. The van der Waals surface area contributed by atoms with Gasteiger partial charge in [-0.1, -0.05) is 60.8 Å². The smallest absolute Gasteiger partial charge is 0.0244 e. The summed E-state index contributed by atoms with van der Waals surface area (Å²) >= 11 is 0. The van der Waals surface area contributed by atoms with E-state index in [2.05, 4.69) is 13.8 Å². The first kappa shape index (κ1) is 18.3. The third-order valence-corrected chi connectivity index (χ3v) is 2.81. The van der Waals surface area contributed by atoms with Crippen molar-refractivity contribution in [3.63, 3.8) is 0 Å². The molecule has 1 aliphatic heterocycles. The van der Waals surface area contributed by atoms with E-state index in [0.717, 1.165) is 12.5 Å². The van der Waals surface area contributed by atoms with E-state index in [0.29, 0.717) is 6.04 Å². The van der Waals surface area contributed by atoms with Crippen molar-refractivity contribution in [2.75, 3.05) is 6.54 Å². The summed E-state index contributed by atoms with van der Waals surface area (Å²) in [5, 5.41) is 2.04. The van der Waals surface area contributed by atoms with Gasteiger partial charge in [0, 0.05) is 12.6 Å². The van der Waals surface area contributed by atoms with E-state index in [4.69, 9.17) is 5.84 Å². The SMILES string of the molecule is CC.CC.CCCCCC1CC(C)CN1N. The van der Waals surface area contributed by atoms with Gasteiger partial charge in [0.1, 0.15) is 0 Å². The third kappa shape index (κ3) is 8.12. The summed E-state index contributed by atoms with van der Waals surface area (Å²) in [7, 11) is 0.